The minimum atomic E-state index is -0.878. The molecule has 2 aliphatic rings. The van der Waals surface area contributed by atoms with Crippen LogP contribution in [0, 0.1) is 0 Å². The summed E-state index contributed by atoms with van der Waals surface area (Å²) in [6, 6.07) is 7.46. The second-order valence-corrected chi connectivity index (χ2v) is 10.0. The normalized spacial score (nSPS) is 23.9. The standard InChI is InChI=1S/C24H27ClN2O6/c1-23(2,3)31-13-15-11-17(19-18(15)32-24(4,5)33-19)26-12-16(25)21(29)27(22(26)30)20(28)14-9-7-6-8-10-14/h6-12,17-19H,13H2,1-5H3/t17-,18-,19+/m1/s1. The van der Waals surface area contributed by atoms with Crippen molar-refractivity contribution >= 4 is 17.5 Å². The molecule has 2 heterocycles. The monoisotopic (exact) mass is 474 g/mol. The first kappa shape index (κ1) is 23.6. The molecule has 8 nitrogen and oxygen atoms in total. The quantitative estimate of drug-likeness (QED) is 0.632. The summed E-state index contributed by atoms with van der Waals surface area (Å²) >= 11 is 6.19. The summed E-state index contributed by atoms with van der Waals surface area (Å²) in [7, 11) is 0. The van der Waals surface area contributed by atoms with Gasteiger partial charge in [-0.05, 0) is 52.3 Å². The molecule has 0 bridgehead atoms. The van der Waals surface area contributed by atoms with Gasteiger partial charge in [-0.25, -0.2) is 4.79 Å². The molecule has 1 saturated heterocycles. The number of fused-ring (bicyclic) bond motifs is 1. The smallest absolute Gasteiger partial charge is 0.338 e. The number of carbonyl (C=O) groups is 1. The molecule has 0 N–H and O–H groups in total. The van der Waals surface area contributed by atoms with Gasteiger partial charge in [0.2, 0.25) is 0 Å². The second-order valence-electron chi connectivity index (χ2n) is 9.63. The highest BCUT2D eigenvalue weighted by molar-refractivity contribution is 6.30. The van der Waals surface area contributed by atoms with E-state index in [1.807, 2.05) is 26.8 Å². The van der Waals surface area contributed by atoms with Crippen molar-refractivity contribution in [3.63, 3.8) is 0 Å². The van der Waals surface area contributed by atoms with E-state index in [0.29, 0.717) is 4.57 Å². The SMILES string of the molecule is CC(C)(C)OCC1=C[C@@H](n2cc(Cl)c(=O)n(C(=O)c3ccccc3)c2=O)[C@@H]2OC(C)(C)O[C@H]12. The Balaban J connectivity index is 1.80. The molecule has 0 saturated carbocycles. The van der Waals surface area contributed by atoms with Crippen LogP contribution >= 0.6 is 11.6 Å². The van der Waals surface area contributed by atoms with Crippen molar-refractivity contribution in [1.29, 1.82) is 0 Å². The molecular weight excluding hydrogens is 448 g/mol. The van der Waals surface area contributed by atoms with Crippen LogP contribution in [0.25, 0.3) is 0 Å². The third-order valence-electron chi connectivity index (χ3n) is 5.50. The molecule has 3 atom stereocenters. The van der Waals surface area contributed by atoms with Gasteiger partial charge >= 0.3 is 5.69 Å². The van der Waals surface area contributed by atoms with Gasteiger partial charge in [0.05, 0.1) is 18.2 Å². The van der Waals surface area contributed by atoms with E-state index in [0.717, 1.165) is 5.57 Å². The van der Waals surface area contributed by atoms with Crippen molar-refractivity contribution in [2.75, 3.05) is 6.61 Å². The van der Waals surface area contributed by atoms with Crippen molar-refractivity contribution in [3.05, 3.63) is 79.6 Å². The maximum absolute atomic E-state index is 13.4. The summed E-state index contributed by atoms with van der Waals surface area (Å²) in [6.45, 7) is 9.71. The summed E-state index contributed by atoms with van der Waals surface area (Å²) in [6.07, 6.45) is 2.09. The lowest BCUT2D eigenvalue weighted by molar-refractivity contribution is -0.148. The van der Waals surface area contributed by atoms with Gasteiger partial charge in [0, 0.05) is 11.8 Å². The van der Waals surface area contributed by atoms with E-state index in [1.54, 1.807) is 32.0 Å². The largest absolute Gasteiger partial charge is 0.371 e. The number of aromatic nitrogens is 2. The summed E-state index contributed by atoms with van der Waals surface area (Å²) in [5, 5.41) is -0.249. The average molecular weight is 475 g/mol. The van der Waals surface area contributed by atoms with Crippen LogP contribution in [-0.4, -0.2) is 45.2 Å². The highest BCUT2D eigenvalue weighted by atomic mass is 35.5. The highest BCUT2D eigenvalue weighted by Gasteiger charge is 2.51. The van der Waals surface area contributed by atoms with Crippen molar-refractivity contribution < 1.29 is 19.0 Å². The van der Waals surface area contributed by atoms with E-state index in [-0.39, 0.29) is 22.8 Å². The average Bonchev–Trinajstić information content (AvgIpc) is 3.22. The molecule has 1 aromatic heterocycles. The van der Waals surface area contributed by atoms with Crippen LogP contribution in [0.3, 0.4) is 0 Å². The van der Waals surface area contributed by atoms with Gasteiger partial charge in [0.1, 0.15) is 17.2 Å². The summed E-state index contributed by atoms with van der Waals surface area (Å²) in [5.74, 6) is -1.63. The Morgan fingerprint density at radius 2 is 1.82 bits per heavy atom. The topological polar surface area (TPSA) is 88.8 Å². The number of hydrogen-bond acceptors (Lipinski definition) is 6. The zero-order valence-electron chi connectivity index (χ0n) is 19.2. The Labute approximate surface area is 196 Å². The molecular formula is C24H27ClN2O6. The number of carbonyl (C=O) groups excluding carboxylic acids is 1. The molecule has 176 valence electrons. The zero-order valence-corrected chi connectivity index (χ0v) is 20.0. The first-order valence-electron chi connectivity index (χ1n) is 10.7. The predicted octanol–water partition coefficient (Wildman–Crippen LogP) is 3.17. The fourth-order valence-electron chi connectivity index (χ4n) is 4.05. The maximum Gasteiger partial charge on any atom is 0.338 e. The summed E-state index contributed by atoms with van der Waals surface area (Å²) < 4.78 is 20.0. The van der Waals surface area contributed by atoms with Gasteiger partial charge in [0.15, 0.2) is 5.79 Å². The summed E-state index contributed by atoms with van der Waals surface area (Å²) in [5.41, 5.74) is -1.03. The molecule has 0 unspecified atom stereocenters. The molecule has 1 aromatic carbocycles. The maximum atomic E-state index is 13.4. The number of ether oxygens (including phenoxy) is 3. The minimum absolute atomic E-state index is 0.200. The lowest BCUT2D eigenvalue weighted by atomic mass is 10.1. The number of nitrogens with zero attached hydrogens (tertiary/aromatic N) is 2. The van der Waals surface area contributed by atoms with Crippen LogP contribution in [0.15, 0.2) is 57.8 Å². The zero-order chi connectivity index (χ0) is 24.1. The molecule has 2 aromatic rings. The Hall–Kier alpha value is -2.52. The van der Waals surface area contributed by atoms with Crippen LogP contribution in [0.1, 0.15) is 51.0 Å². The fourth-order valence-corrected chi connectivity index (χ4v) is 4.24. The predicted molar refractivity (Wildman–Crippen MR) is 123 cm³/mol. The van der Waals surface area contributed by atoms with Gasteiger partial charge in [-0.3, -0.25) is 14.2 Å². The van der Waals surface area contributed by atoms with E-state index in [9.17, 15) is 14.4 Å². The van der Waals surface area contributed by atoms with Crippen molar-refractivity contribution in [2.24, 2.45) is 0 Å². The van der Waals surface area contributed by atoms with Crippen LogP contribution in [0.5, 0.6) is 0 Å². The first-order valence-corrected chi connectivity index (χ1v) is 11.1. The van der Waals surface area contributed by atoms with Crippen LogP contribution in [-0.2, 0) is 14.2 Å². The number of hydrogen-bond donors (Lipinski definition) is 0. The Bertz CT molecular complexity index is 1220. The molecule has 1 aliphatic heterocycles. The van der Waals surface area contributed by atoms with E-state index >= 15 is 0 Å². The molecule has 0 amide bonds. The third kappa shape index (κ3) is 4.61. The van der Waals surface area contributed by atoms with Crippen LogP contribution in [0.4, 0.5) is 0 Å². The number of halogens is 1. The molecule has 4 rings (SSSR count). The van der Waals surface area contributed by atoms with Crippen LogP contribution in [0.2, 0.25) is 5.02 Å². The van der Waals surface area contributed by atoms with Crippen molar-refractivity contribution in [1.82, 2.24) is 9.13 Å². The third-order valence-corrected chi connectivity index (χ3v) is 5.76. The Kier molecular flexibility index (Phi) is 5.99. The van der Waals surface area contributed by atoms with Gasteiger partial charge in [-0.2, -0.15) is 4.57 Å². The van der Waals surface area contributed by atoms with Crippen molar-refractivity contribution in [2.45, 2.75) is 64.3 Å². The molecule has 0 spiro atoms. The lowest BCUT2D eigenvalue weighted by Crippen LogP contribution is -2.46. The van der Waals surface area contributed by atoms with Gasteiger partial charge in [-0.1, -0.05) is 35.9 Å². The first-order chi connectivity index (χ1) is 15.4. The minimum Gasteiger partial charge on any atom is -0.371 e. The van der Waals surface area contributed by atoms with Crippen molar-refractivity contribution in [3.8, 4) is 0 Å². The Morgan fingerprint density at radius 1 is 1.15 bits per heavy atom. The van der Waals surface area contributed by atoms with E-state index in [1.165, 1.54) is 22.9 Å². The molecule has 0 radical (unpaired) electrons. The fraction of sp³-hybridized carbons (Fsp3) is 0.458. The number of benzene rings is 1. The molecule has 1 fully saturated rings. The van der Waals surface area contributed by atoms with Gasteiger partial charge in [0.25, 0.3) is 11.5 Å². The Morgan fingerprint density at radius 3 is 2.45 bits per heavy atom. The van der Waals surface area contributed by atoms with E-state index in [2.05, 4.69) is 0 Å². The van der Waals surface area contributed by atoms with E-state index in [4.69, 9.17) is 25.8 Å². The number of rotatable bonds is 4. The highest BCUT2D eigenvalue weighted by Crippen LogP contribution is 2.43. The van der Waals surface area contributed by atoms with E-state index < -0.39 is 41.2 Å². The summed E-state index contributed by atoms with van der Waals surface area (Å²) in [4.78, 5) is 39.1. The molecule has 33 heavy (non-hydrogen) atoms. The van der Waals surface area contributed by atoms with Gasteiger partial charge in [-0.15, -0.1) is 0 Å². The second kappa shape index (κ2) is 8.36. The van der Waals surface area contributed by atoms with Gasteiger partial charge < -0.3 is 14.2 Å². The molecule has 9 heteroatoms. The van der Waals surface area contributed by atoms with Crippen LogP contribution < -0.4 is 11.2 Å². The molecule has 1 aliphatic carbocycles. The lowest BCUT2D eigenvalue weighted by Gasteiger charge is -2.23.